The van der Waals surface area contributed by atoms with Crippen LogP contribution in [-0.2, 0) is 6.54 Å². The van der Waals surface area contributed by atoms with Gasteiger partial charge < -0.3 is 9.47 Å². The van der Waals surface area contributed by atoms with Crippen LogP contribution in [0.4, 0.5) is 0 Å². The number of rotatable bonds is 4. The van der Waals surface area contributed by atoms with Crippen molar-refractivity contribution in [1.82, 2.24) is 29.9 Å². The molecular weight excluding hydrogens is 336 g/mol. The van der Waals surface area contributed by atoms with Gasteiger partial charge in [0.25, 0.3) is 5.91 Å². The average molecular weight is 356 g/mol. The van der Waals surface area contributed by atoms with Crippen LogP contribution in [0.25, 0.3) is 10.6 Å². The molecule has 0 bridgehead atoms. The molecule has 1 aliphatic heterocycles. The highest BCUT2D eigenvalue weighted by molar-refractivity contribution is 7.13. The highest BCUT2D eigenvalue weighted by Gasteiger charge is 2.32. The summed E-state index contributed by atoms with van der Waals surface area (Å²) in [4.78, 5) is 16.1. The van der Waals surface area contributed by atoms with Gasteiger partial charge in [0.15, 0.2) is 11.5 Å². The molecule has 3 aromatic rings. The quantitative estimate of drug-likeness (QED) is 0.779. The Kier molecular flexibility index (Phi) is 4.35. The maximum absolute atomic E-state index is 13.1. The molecule has 1 atom stereocenters. The Morgan fingerprint density at radius 1 is 1.44 bits per heavy atom. The van der Waals surface area contributed by atoms with E-state index >= 15 is 0 Å². The predicted molar refractivity (Wildman–Crippen MR) is 95.2 cm³/mol. The minimum absolute atomic E-state index is 0.0365. The number of nitrogens with one attached hydrogen (secondary N) is 1. The Hall–Kier alpha value is -2.48. The number of aromatic nitrogens is 5. The predicted octanol–water partition coefficient (Wildman–Crippen LogP) is 3.12. The molecule has 1 amide bonds. The summed E-state index contributed by atoms with van der Waals surface area (Å²) in [5, 5.41) is 17.5. The van der Waals surface area contributed by atoms with E-state index in [9.17, 15) is 4.79 Å². The van der Waals surface area contributed by atoms with Crippen LogP contribution in [0.2, 0.25) is 0 Å². The molecule has 25 heavy (non-hydrogen) atoms. The number of nitrogens with zero attached hydrogens (tertiary/aromatic N) is 5. The SMILES string of the molecule is CCn1cnnc1[C@@H]1CCCCN1C(=O)c1cc(-c2cccs2)[nH]n1. The maximum atomic E-state index is 13.1. The molecule has 0 aliphatic carbocycles. The first-order valence-electron chi connectivity index (χ1n) is 8.56. The highest BCUT2D eigenvalue weighted by atomic mass is 32.1. The van der Waals surface area contributed by atoms with Gasteiger partial charge in [-0.05, 0) is 43.7 Å². The number of likely N-dealkylation sites (tertiary alicyclic amines) is 1. The Morgan fingerprint density at radius 2 is 2.36 bits per heavy atom. The third kappa shape index (κ3) is 2.97. The van der Waals surface area contributed by atoms with Crippen LogP contribution in [0.3, 0.4) is 0 Å². The molecule has 7 nitrogen and oxygen atoms in total. The molecule has 1 fully saturated rings. The third-order valence-corrected chi connectivity index (χ3v) is 5.53. The molecule has 0 radical (unpaired) electrons. The lowest BCUT2D eigenvalue weighted by Crippen LogP contribution is -2.39. The minimum atomic E-state index is -0.0468. The van der Waals surface area contributed by atoms with E-state index in [1.165, 1.54) is 0 Å². The number of aromatic amines is 1. The topological polar surface area (TPSA) is 79.7 Å². The van der Waals surface area contributed by atoms with Gasteiger partial charge in [-0.2, -0.15) is 5.10 Å². The monoisotopic (exact) mass is 356 g/mol. The van der Waals surface area contributed by atoms with Gasteiger partial charge in [0.05, 0.1) is 16.6 Å². The summed E-state index contributed by atoms with van der Waals surface area (Å²) in [5.74, 6) is 0.818. The van der Waals surface area contributed by atoms with Crippen LogP contribution >= 0.6 is 11.3 Å². The van der Waals surface area contributed by atoms with E-state index in [1.807, 2.05) is 33.0 Å². The smallest absolute Gasteiger partial charge is 0.274 e. The lowest BCUT2D eigenvalue weighted by atomic mass is 10.0. The van der Waals surface area contributed by atoms with Gasteiger partial charge in [-0.25, -0.2) is 0 Å². The van der Waals surface area contributed by atoms with Gasteiger partial charge in [0.1, 0.15) is 6.33 Å². The summed E-state index contributed by atoms with van der Waals surface area (Å²) in [6.45, 7) is 3.58. The fraction of sp³-hybridized carbons (Fsp3) is 0.412. The van der Waals surface area contributed by atoms with Crippen LogP contribution in [0, 0.1) is 0 Å². The number of amides is 1. The van der Waals surface area contributed by atoms with E-state index in [-0.39, 0.29) is 11.9 Å². The lowest BCUT2D eigenvalue weighted by molar-refractivity contribution is 0.0588. The summed E-state index contributed by atoms with van der Waals surface area (Å²) in [6, 6.07) is 5.80. The maximum Gasteiger partial charge on any atom is 0.274 e. The highest BCUT2D eigenvalue weighted by Crippen LogP contribution is 2.31. The summed E-state index contributed by atoms with van der Waals surface area (Å²) in [6.07, 6.45) is 4.74. The van der Waals surface area contributed by atoms with Crippen molar-refractivity contribution in [3.05, 3.63) is 41.4 Å². The molecule has 0 spiro atoms. The van der Waals surface area contributed by atoms with Gasteiger partial charge >= 0.3 is 0 Å². The van der Waals surface area contributed by atoms with E-state index in [4.69, 9.17) is 0 Å². The molecule has 0 saturated carbocycles. The second-order valence-corrected chi connectivity index (χ2v) is 7.08. The summed E-state index contributed by atoms with van der Waals surface area (Å²) in [5.41, 5.74) is 1.33. The van der Waals surface area contributed by atoms with E-state index in [1.54, 1.807) is 17.7 Å². The fourth-order valence-corrected chi connectivity index (χ4v) is 4.04. The van der Waals surface area contributed by atoms with E-state index in [0.29, 0.717) is 5.69 Å². The van der Waals surface area contributed by atoms with Crippen molar-refractivity contribution in [2.24, 2.45) is 0 Å². The van der Waals surface area contributed by atoms with Crippen LogP contribution in [0.5, 0.6) is 0 Å². The van der Waals surface area contributed by atoms with E-state index < -0.39 is 0 Å². The van der Waals surface area contributed by atoms with Crippen molar-refractivity contribution in [2.45, 2.75) is 38.8 Å². The van der Waals surface area contributed by atoms with Gasteiger partial charge in [0, 0.05) is 13.1 Å². The summed E-state index contributed by atoms with van der Waals surface area (Å²) in [7, 11) is 0. The van der Waals surface area contributed by atoms with Crippen molar-refractivity contribution in [3.63, 3.8) is 0 Å². The molecule has 1 N–H and O–H groups in total. The first-order chi connectivity index (χ1) is 12.3. The normalized spacial score (nSPS) is 17.8. The molecular formula is C17H20N6OS. The number of piperidine rings is 1. The molecule has 130 valence electrons. The summed E-state index contributed by atoms with van der Waals surface area (Å²) < 4.78 is 2.01. The van der Waals surface area contributed by atoms with Crippen molar-refractivity contribution in [1.29, 1.82) is 0 Å². The molecule has 1 aliphatic rings. The molecule has 8 heteroatoms. The number of carbonyl (C=O) groups is 1. The van der Waals surface area contributed by atoms with E-state index in [2.05, 4.69) is 27.3 Å². The molecule has 4 heterocycles. The van der Waals surface area contributed by atoms with E-state index in [0.717, 1.165) is 48.7 Å². The number of hydrogen-bond acceptors (Lipinski definition) is 5. The molecule has 0 aromatic carbocycles. The number of thiophene rings is 1. The first kappa shape index (κ1) is 16.0. The Balaban J connectivity index is 1.61. The van der Waals surface area contributed by atoms with Crippen molar-refractivity contribution >= 4 is 17.2 Å². The third-order valence-electron chi connectivity index (χ3n) is 4.63. The largest absolute Gasteiger partial charge is 0.327 e. The lowest BCUT2D eigenvalue weighted by Gasteiger charge is -2.34. The van der Waals surface area contributed by atoms with Gasteiger partial charge in [-0.1, -0.05) is 6.07 Å². The zero-order valence-electron chi connectivity index (χ0n) is 14.1. The van der Waals surface area contributed by atoms with Gasteiger partial charge in [-0.3, -0.25) is 9.89 Å². The molecule has 1 saturated heterocycles. The second kappa shape index (κ2) is 6.79. The van der Waals surface area contributed by atoms with Gasteiger partial charge in [0.2, 0.25) is 0 Å². The van der Waals surface area contributed by atoms with Crippen LogP contribution in [0.1, 0.15) is 48.5 Å². The molecule has 4 rings (SSSR count). The molecule has 3 aromatic heterocycles. The fourth-order valence-electron chi connectivity index (χ4n) is 3.35. The average Bonchev–Trinajstić information content (AvgIpc) is 3.41. The zero-order valence-corrected chi connectivity index (χ0v) is 14.9. The van der Waals surface area contributed by atoms with Crippen molar-refractivity contribution < 1.29 is 4.79 Å². The zero-order chi connectivity index (χ0) is 17.2. The number of aryl methyl sites for hydroxylation is 1. The van der Waals surface area contributed by atoms with Crippen molar-refractivity contribution in [3.8, 4) is 10.6 Å². The van der Waals surface area contributed by atoms with Crippen LogP contribution in [0.15, 0.2) is 29.9 Å². The van der Waals surface area contributed by atoms with Crippen molar-refractivity contribution in [2.75, 3.05) is 6.54 Å². The van der Waals surface area contributed by atoms with Crippen LogP contribution < -0.4 is 0 Å². The number of hydrogen-bond donors (Lipinski definition) is 1. The molecule has 0 unspecified atom stereocenters. The Labute approximate surface area is 149 Å². The Bertz CT molecular complexity index is 852. The second-order valence-electron chi connectivity index (χ2n) is 6.13. The minimum Gasteiger partial charge on any atom is -0.327 e. The number of carbonyl (C=O) groups excluding carboxylic acids is 1. The van der Waals surface area contributed by atoms with Gasteiger partial charge in [-0.15, -0.1) is 21.5 Å². The number of H-pyrrole nitrogens is 1. The van der Waals surface area contributed by atoms with Crippen LogP contribution in [-0.4, -0.2) is 42.3 Å². The summed E-state index contributed by atoms with van der Waals surface area (Å²) >= 11 is 1.62. The Morgan fingerprint density at radius 3 is 3.16 bits per heavy atom. The standard InChI is InChI=1S/C17H20N6OS/c1-2-22-11-18-21-16(22)14-6-3-4-8-23(14)17(24)13-10-12(19-20-13)15-7-5-9-25-15/h5,7,9-11,14H,2-4,6,8H2,1H3,(H,19,20)/t14-/m0/s1. The first-order valence-corrected chi connectivity index (χ1v) is 9.44.